The molecule has 2 amide bonds. The average Bonchev–Trinajstić information content (AvgIpc) is 3.04. The van der Waals surface area contributed by atoms with Crippen molar-refractivity contribution >= 4 is 35.1 Å². The molecular weight excluding hydrogens is 363 g/mol. The molecule has 2 N–H and O–H groups in total. The molecule has 2 aromatic rings. The molecule has 2 heterocycles. The number of urea groups is 1. The number of aromatic nitrogens is 2. The van der Waals surface area contributed by atoms with Gasteiger partial charge >= 0.3 is 6.03 Å². The molecule has 0 saturated carbocycles. The van der Waals surface area contributed by atoms with E-state index in [-0.39, 0.29) is 6.03 Å². The standard InChI is InChI=1S/C17H20Cl2N4O2/c18-14-4-1-5-15(19)13(14)10-23-16(6-7-21-23)22-17(24)20-9-12-3-2-8-25-11-12/h1,4-7,12H,2-3,8-11H2,(H2,20,22,24). The Morgan fingerprint density at radius 1 is 1.32 bits per heavy atom. The zero-order valence-corrected chi connectivity index (χ0v) is 15.2. The van der Waals surface area contributed by atoms with Gasteiger partial charge in [0.25, 0.3) is 0 Å². The number of carbonyl (C=O) groups is 1. The summed E-state index contributed by atoms with van der Waals surface area (Å²) in [5, 5.41) is 11.1. The molecule has 0 radical (unpaired) electrons. The van der Waals surface area contributed by atoms with Gasteiger partial charge in [0, 0.05) is 34.8 Å². The number of amides is 2. The number of carbonyl (C=O) groups excluding carboxylic acids is 1. The van der Waals surface area contributed by atoms with E-state index in [1.54, 1.807) is 35.1 Å². The Bertz CT molecular complexity index is 709. The van der Waals surface area contributed by atoms with Gasteiger partial charge in [0.05, 0.1) is 19.3 Å². The van der Waals surface area contributed by atoms with Crippen molar-refractivity contribution in [2.75, 3.05) is 25.1 Å². The Morgan fingerprint density at radius 2 is 2.12 bits per heavy atom. The van der Waals surface area contributed by atoms with Crippen LogP contribution in [0.3, 0.4) is 0 Å². The van der Waals surface area contributed by atoms with E-state index < -0.39 is 0 Å². The van der Waals surface area contributed by atoms with Crippen LogP contribution in [0.1, 0.15) is 18.4 Å². The maximum absolute atomic E-state index is 12.1. The van der Waals surface area contributed by atoms with E-state index in [1.807, 2.05) is 0 Å². The molecule has 134 valence electrons. The zero-order valence-electron chi connectivity index (χ0n) is 13.7. The second-order valence-corrected chi connectivity index (χ2v) is 6.81. The molecule has 3 rings (SSSR count). The first-order valence-corrected chi connectivity index (χ1v) is 8.96. The molecule has 0 spiro atoms. The predicted molar refractivity (Wildman–Crippen MR) is 98.4 cm³/mol. The molecule has 1 aromatic carbocycles. The SMILES string of the molecule is O=C(NCC1CCCOC1)Nc1ccnn1Cc1c(Cl)cccc1Cl. The smallest absolute Gasteiger partial charge is 0.320 e. The first kappa shape index (κ1) is 18.0. The van der Waals surface area contributed by atoms with Crippen molar-refractivity contribution in [2.45, 2.75) is 19.4 Å². The summed E-state index contributed by atoms with van der Waals surface area (Å²) in [6.07, 6.45) is 3.73. The Balaban J connectivity index is 1.58. The molecule has 6 nitrogen and oxygen atoms in total. The summed E-state index contributed by atoms with van der Waals surface area (Å²) in [7, 11) is 0. The van der Waals surface area contributed by atoms with Gasteiger partial charge in [-0.05, 0) is 30.9 Å². The first-order chi connectivity index (χ1) is 12.1. The molecule has 0 aliphatic carbocycles. The maximum Gasteiger partial charge on any atom is 0.320 e. The number of halogens is 2. The highest BCUT2D eigenvalue weighted by Crippen LogP contribution is 2.26. The van der Waals surface area contributed by atoms with E-state index >= 15 is 0 Å². The third-order valence-corrected chi connectivity index (χ3v) is 4.84. The highest BCUT2D eigenvalue weighted by molar-refractivity contribution is 6.35. The van der Waals surface area contributed by atoms with Crippen molar-refractivity contribution in [2.24, 2.45) is 5.92 Å². The minimum Gasteiger partial charge on any atom is -0.381 e. The fourth-order valence-corrected chi connectivity index (χ4v) is 3.28. The highest BCUT2D eigenvalue weighted by atomic mass is 35.5. The van der Waals surface area contributed by atoms with Crippen molar-refractivity contribution in [1.29, 1.82) is 0 Å². The normalized spacial score (nSPS) is 17.3. The molecule has 1 aliphatic rings. The van der Waals surface area contributed by atoms with Gasteiger partial charge < -0.3 is 10.1 Å². The Morgan fingerprint density at radius 3 is 2.84 bits per heavy atom. The number of anilines is 1. The van der Waals surface area contributed by atoms with Crippen LogP contribution >= 0.6 is 23.2 Å². The maximum atomic E-state index is 12.1. The van der Waals surface area contributed by atoms with Crippen molar-refractivity contribution in [3.05, 3.63) is 46.1 Å². The fourth-order valence-electron chi connectivity index (χ4n) is 2.76. The van der Waals surface area contributed by atoms with E-state index in [2.05, 4.69) is 15.7 Å². The van der Waals surface area contributed by atoms with Crippen LogP contribution in [0.25, 0.3) is 0 Å². The molecule has 1 aliphatic heterocycles. The summed E-state index contributed by atoms with van der Waals surface area (Å²) in [5.74, 6) is 0.944. The molecule has 1 fully saturated rings. The topological polar surface area (TPSA) is 68.2 Å². The van der Waals surface area contributed by atoms with Gasteiger partial charge in [-0.1, -0.05) is 29.3 Å². The lowest BCUT2D eigenvalue weighted by atomic mass is 10.0. The van der Waals surface area contributed by atoms with Crippen LogP contribution in [-0.4, -0.2) is 35.6 Å². The summed E-state index contributed by atoms with van der Waals surface area (Å²) in [4.78, 5) is 12.1. The summed E-state index contributed by atoms with van der Waals surface area (Å²) < 4.78 is 7.07. The second-order valence-electron chi connectivity index (χ2n) is 5.99. The largest absolute Gasteiger partial charge is 0.381 e. The summed E-state index contributed by atoms with van der Waals surface area (Å²) in [5.41, 5.74) is 0.761. The number of hydrogen-bond acceptors (Lipinski definition) is 3. The van der Waals surface area contributed by atoms with E-state index in [1.165, 1.54) is 0 Å². The zero-order chi connectivity index (χ0) is 17.6. The van der Waals surface area contributed by atoms with E-state index in [9.17, 15) is 4.79 Å². The van der Waals surface area contributed by atoms with Crippen molar-refractivity contribution in [1.82, 2.24) is 15.1 Å². The van der Waals surface area contributed by atoms with Gasteiger partial charge in [0.15, 0.2) is 0 Å². The third-order valence-electron chi connectivity index (χ3n) is 4.13. The lowest BCUT2D eigenvalue weighted by molar-refractivity contribution is 0.0559. The highest BCUT2D eigenvalue weighted by Gasteiger charge is 2.16. The first-order valence-electron chi connectivity index (χ1n) is 8.21. The van der Waals surface area contributed by atoms with Crippen LogP contribution < -0.4 is 10.6 Å². The molecule has 25 heavy (non-hydrogen) atoms. The number of hydrogen-bond donors (Lipinski definition) is 2. The molecule has 0 bridgehead atoms. The van der Waals surface area contributed by atoms with Crippen LogP contribution in [0.5, 0.6) is 0 Å². The average molecular weight is 383 g/mol. The van der Waals surface area contributed by atoms with E-state index in [0.717, 1.165) is 25.0 Å². The fraction of sp³-hybridized carbons (Fsp3) is 0.412. The number of benzene rings is 1. The van der Waals surface area contributed by atoms with Gasteiger partial charge in [-0.25, -0.2) is 9.48 Å². The van der Waals surface area contributed by atoms with Crippen molar-refractivity contribution < 1.29 is 9.53 Å². The van der Waals surface area contributed by atoms with Crippen LogP contribution in [-0.2, 0) is 11.3 Å². The third kappa shape index (κ3) is 4.87. The van der Waals surface area contributed by atoms with Gasteiger partial charge in [-0.2, -0.15) is 5.10 Å². The lowest BCUT2D eigenvalue weighted by Gasteiger charge is -2.22. The summed E-state index contributed by atoms with van der Waals surface area (Å²) >= 11 is 12.4. The quantitative estimate of drug-likeness (QED) is 0.826. The van der Waals surface area contributed by atoms with Crippen molar-refractivity contribution in [3.8, 4) is 0 Å². The second kappa shape index (κ2) is 8.56. The monoisotopic (exact) mass is 382 g/mol. The Labute approximate surface area is 156 Å². The van der Waals surface area contributed by atoms with Gasteiger partial charge in [-0.15, -0.1) is 0 Å². The number of rotatable bonds is 5. The van der Waals surface area contributed by atoms with Gasteiger partial charge in [0.1, 0.15) is 5.82 Å². The lowest BCUT2D eigenvalue weighted by Crippen LogP contribution is -2.36. The van der Waals surface area contributed by atoms with E-state index in [0.29, 0.717) is 41.5 Å². The molecular formula is C17H20Cl2N4O2. The summed E-state index contributed by atoms with van der Waals surface area (Å²) in [6, 6.07) is 6.81. The van der Waals surface area contributed by atoms with Crippen LogP contribution in [0.4, 0.5) is 10.6 Å². The number of nitrogens with one attached hydrogen (secondary N) is 2. The predicted octanol–water partition coefficient (Wildman–Crippen LogP) is 3.79. The Hall–Kier alpha value is -1.76. The minimum absolute atomic E-state index is 0.266. The van der Waals surface area contributed by atoms with Crippen molar-refractivity contribution in [3.63, 3.8) is 0 Å². The Kier molecular flexibility index (Phi) is 6.18. The molecule has 1 atom stereocenters. The molecule has 1 unspecified atom stereocenters. The van der Waals surface area contributed by atoms with Crippen LogP contribution in [0, 0.1) is 5.92 Å². The number of ether oxygens (including phenoxy) is 1. The van der Waals surface area contributed by atoms with Crippen LogP contribution in [0.15, 0.2) is 30.5 Å². The summed E-state index contributed by atoms with van der Waals surface area (Å²) in [6.45, 7) is 2.48. The van der Waals surface area contributed by atoms with Crippen LogP contribution in [0.2, 0.25) is 10.0 Å². The van der Waals surface area contributed by atoms with Gasteiger partial charge in [-0.3, -0.25) is 5.32 Å². The van der Waals surface area contributed by atoms with Gasteiger partial charge in [0.2, 0.25) is 0 Å². The molecule has 1 aromatic heterocycles. The molecule has 1 saturated heterocycles. The molecule has 8 heteroatoms. The van der Waals surface area contributed by atoms with E-state index in [4.69, 9.17) is 27.9 Å². The minimum atomic E-state index is -0.266. The number of nitrogens with zero attached hydrogens (tertiary/aromatic N) is 2.